The fraction of sp³-hybridized carbons (Fsp3) is 0.500. The molecule has 1 N–H and O–H groups in total. The lowest BCUT2D eigenvalue weighted by Crippen LogP contribution is -2.30. The van der Waals surface area contributed by atoms with Crippen LogP contribution in [0.25, 0.3) is 0 Å². The molecule has 0 aromatic heterocycles. The molecule has 1 amide bonds. The molecule has 1 fully saturated rings. The van der Waals surface area contributed by atoms with Crippen LogP contribution in [0.5, 0.6) is 0 Å². The normalized spacial score (nSPS) is 17.1. The van der Waals surface area contributed by atoms with Crippen molar-refractivity contribution in [1.29, 1.82) is 0 Å². The van der Waals surface area contributed by atoms with Crippen molar-refractivity contribution < 1.29 is 9.59 Å². The van der Waals surface area contributed by atoms with Gasteiger partial charge in [-0.05, 0) is 50.1 Å². The monoisotopic (exact) mass is 272 g/mol. The standard InChI is InChI=1S/C16H20N2O2/c1-17-8-6-15(19)13-4-5-14-12(10-13)7-9-18(14)16(20)11-2-3-11/h4-5,10-11,17H,2-3,6-9H2,1H3. The average Bonchev–Trinajstić information content (AvgIpc) is 3.23. The van der Waals surface area contributed by atoms with Gasteiger partial charge in [-0.1, -0.05) is 0 Å². The highest BCUT2D eigenvalue weighted by Gasteiger charge is 2.36. The molecule has 1 heterocycles. The summed E-state index contributed by atoms with van der Waals surface area (Å²) in [7, 11) is 1.84. The van der Waals surface area contributed by atoms with Crippen LogP contribution in [0.15, 0.2) is 18.2 Å². The number of nitrogens with one attached hydrogen (secondary N) is 1. The van der Waals surface area contributed by atoms with Crippen LogP contribution in [0.3, 0.4) is 0 Å². The van der Waals surface area contributed by atoms with E-state index < -0.39 is 0 Å². The first-order valence-corrected chi connectivity index (χ1v) is 7.33. The molecule has 0 saturated heterocycles. The van der Waals surface area contributed by atoms with Crippen molar-refractivity contribution in [2.75, 3.05) is 25.0 Å². The number of carbonyl (C=O) groups excluding carboxylic acids is 2. The minimum atomic E-state index is 0.161. The van der Waals surface area contributed by atoms with Crippen molar-refractivity contribution >= 4 is 17.4 Å². The Morgan fingerprint density at radius 2 is 2.15 bits per heavy atom. The highest BCUT2D eigenvalue weighted by Crippen LogP contribution is 2.36. The lowest BCUT2D eigenvalue weighted by Gasteiger charge is -2.17. The summed E-state index contributed by atoms with van der Waals surface area (Å²) in [6.45, 7) is 1.46. The topological polar surface area (TPSA) is 49.4 Å². The molecule has 1 saturated carbocycles. The highest BCUT2D eigenvalue weighted by molar-refractivity contribution is 6.00. The van der Waals surface area contributed by atoms with E-state index >= 15 is 0 Å². The summed E-state index contributed by atoms with van der Waals surface area (Å²) in [6.07, 6.45) is 3.44. The zero-order valence-electron chi connectivity index (χ0n) is 11.8. The van der Waals surface area contributed by atoms with E-state index in [2.05, 4.69) is 5.32 Å². The third-order valence-electron chi connectivity index (χ3n) is 4.09. The van der Waals surface area contributed by atoms with Gasteiger partial charge in [0.15, 0.2) is 5.78 Å². The van der Waals surface area contributed by atoms with Gasteiger partial charge in [-0.3, -0.25) is 9.59 Å². The summed E-state index contributed by atoms with van der Waals surface area (Å²) in [6, 6.07) is 5.76. The van der Waals surface area contributed by atoms with E-state index in [0.29, 0.717) is 13.0 Å². The van der Waals surface area contributed by atoms with Crippen molar-refractivity contribution in [3.8, 4) is 0 Å². The number of hydrogen-bond acceptors (Lipinski definition) is 3. The second-order valence-electron chi connectivity index (χ2n) is 5.63. The smallest absolute Gasteiger partial charge is 0.230 e. The number of anilines is 1. The van der Waals surface area contributed by atoms with Crippen LogP contribution in [-0.4, -0.2) is 31.8 Å². The molecule has 1 aliphatic heterocycles. The van der Waals surface area contributed by atoms with Crippen molar-refractivity contribution in [1.82, 2.24) is 5.32 Å². The van der Waals surface area contributed by atoms with E-state index in [4.69, 9.17) is 0 Å². The largest absolute Gasteiger partial charge is 0.319 e. The van der Waals surface area contributed by atoms with E-state index in [9.17, 15) is 9.59 Å². The van der Waals surface area contributed by atoms with Gasteiger partial charge in [-0.15, -0.1) is 0 Å². The SMILES string of the molecule is CNCCC(=O)c1ccc2c(c1)CCN2C(=O)C1CC1. The van der Waals surface area contributed by atoms with Gasteiger partial charge >= 0.3 is 0 Å². The molecule has 1 aromatic rings. The molecule has 0 atom stereocenters. The Hall–Kier alpha value is -1.68. The summed E-state index contributed by atoms with van der Waals surface area (Å²) >= 11 is 0. The molecule has 106 valence electrons. The third kappa shape index (κ3) is 2.48. The van der Waals surface area contributed by atoms with Crippen LogP contribution in [0.2, 0.25) is 0 Å². The summed E-state index contributed by atoms with van der Waals surface area (Å²) in [5, 5.41) is 2.99. The predicted octanol–water partition coefficient (Wildman–Crippen LogP) is 1.78. The zero-order valence-corrected chi connectivity index (χ0v) is 11.8. The Morgan fingerprint density at radius 1 is 1.35 bits per heavy atom. The quantitative estimate of drug-likeness (QED) is 0.831. The van der Waals surface area contributed by atoms with Gasteiger partial charge in [0.05, 0.1) is 0 Å². The Bertz CT molecular complexity index is 549. The second kappa shape index (κ2) is 5.37. The molecule has 3 rings (SSSR count). The van der Waals surface area contributed by atoms with Gasteiger partial charge in [0, 0.05) is 36.7 Å². The Kier molecular flexibility index (Phi) is 3.57. The van der Waals surface area contributed by atoms with Crippen molar-refractivity contribution in [2.45, 2.75) is 25.7 Å². The summed E-state index contributed by atoms with van der Waals surface area (Å²) in [5.41, 5.74) is 2.90. The lowest BCUT2D eigenvalue weighted by molar-refractivity contribution is -0.119. The molecule has 1 aliphatic carbocycles. The van der Waals surface area contributed by atoms with Crippen LogP contribution < -0.4 is 10.2 Å². The number of amides is 1. The number of carbonyl (C=O) groups is 2. The van der Waals surface area contributed by atoms with Gasteiger partial charge in [-0.2, -0.15) is 0 Å². The van der Waals surface area contributed by atoms with Crippen molar-refractivity contribution in [3.63, 3.8) is 0 Å². The maximum absolute atomic E-state index is 12.2. The molecule has 2 aliphatic rings. The molecule has 20 heavy (non-hydrogen) atoms. The molecule has 0 bridgehead atoms. The lowest BCUT2D eigenvalue weighted by atomic mass is 10.0. The van der Waals surface area contributed by atoms with E-state index in [0.717, 1.165) is 42.6 Å². The molecule has 0 radical (unpaired) electrons. The third-order valence-corrected chi connectivity index (χ3v) is 4.09. The van der Waals surface area contributed by atoms with Gasteiger partial charge in [-0.25, -0.2) is 0 Å². The maximum Gasteiger partial charge on any atom is 0.230 e. The number of rotatable bonds is 5. The number of hydrogen-bond donors (Lipinski definition) is 1. The van der Waals surface area contributed by atoms with Crippen LogP contribution in [0, 0.1) is 5.92 Å². The predicted molar refractivity (Wildman–Crippen MR) is 78.1 cm³/mol. The van der Waals surface area contributed by atoms with Crippen molar-refractivity contribution in [3.05, 3.63) is 29.3 Å². The molecule has 4 heteroatoms. The van der Waals surface area contributed by atoms with Gasteiger partial charge in [0.1, 0.15) is 0 Å². The van der Waals surface area contributed by atoms with E-state index in [1.165, 1.54) is 0 Å². The van der Waals surface area contributed by atoms with Gasteiger partial charge < -0.3 is 10.2 Å². The number of benzene rings is 1. The fourth-order valence-electron chi connectivity index (χ4n) is 2.74. The Balaban J connectivity index is 1.77. The zero-order chi connectivity index (χ0) is 14.1. The Labute approximate surface area is 119 Å². The summed E-state index contributed by atoms with van der Waals surface area (Å²) < 4.78 is 0. The Morgan fingerprint density at radius 3 is 2.85 bits per heavy atom. The summed E-state index contributed by atoms with van der Waals surface area (Å²) in [4.78, 5) is 26.1. The van der Waals surface area contributed by atoms with Gasteiger partial charge in [0.25, 0.3) is 0 Å². The van der Waals surface area contributed by atoms with E-state index in [1.807, 2.05) is 30.1 Å². The molecule has 4 nitrogen and oxygen atoms in total. The molecule has 0 unspecified atom stereocenters. The maximum atomic E-state index is 12.2. The first-order chi connectivity index (χ1) is 9.70. The van der Waals surface area contributed by atoms with E-state index in [1.54, 1.807) is 0 Å². The highest BCUT2D eigenvalue weighted by atomic mass is 16.2. The summed E-state index contributed by atoms with van der Waals surface area (Å²) in [5.74, 6) is 0.671. The van der Waals surface area contributed by atoms with Crippen molar-refractivity contribution in [2.24, 2.45) is 5.92 Å². The molecular weight excluding hydrogens is 252 g/mol. The molecule has 1 aromatic carbocycles. The molecular formula is C16H20N2O2. The van der Waals surface area contributed by atoms with E-state index in [-0.39, 0.29) is 17.6 Å². The number of fused-ring (bicyclic) bond motifs is 1. The number of Topliss-reactive ketones (excluding diaryl/α,β-unsaturated/α-hetero) is 1. The minimum absolute atomic E-state index is 0.161. The number of nitrogens with zero attached hydrogens (tertiary/aromatic N) is 1. The van der Waals surface area contributed by atoms with Crippen LogP contribution in [0.4, 0.5) is 5.69 Å². The first kappa shape index (κ1) is 13.3. The average molecular weight is 272 g/mol. The van der Waals surface area contributed by atoms with Crippen LogP contribution in [0.1, 0.15) is 35.2 Å². The fourth-order valence-corrected chi connectivity index (χ4v) is 2.74. The number of ketones is 1. The first-order valence-electron chi connectivity index (χ1n) is 7.33. The van der Waals surface area contributed by atoms with Gasteiger partial charge in [0.2, 0.25) is 5.91 Å². The molecule has 0 spiro atoms. The second-order valence-corrected chi connectivity index (χ2v) is 5.63. The van der Waals surface area contributed by atoms with Crippen LogP contribution in [-0.2, 0) is 11.2 Å². The minimum Gasteiger partial charge on any atom is -0.319 e. The van der Waals surface area contributed by atoms with Crippen LogP contribution >= 0.6 is 0 Å².